The quantitative estimate of drug-likeness (QED) is 0.261. The number of amides is 2. The maximum Gasteiger partial charge on any atom is 0.225 e. The van der Waals surface area contributed by atoms with Gasteiger partial charge in [-0.15, -0.1) is 0 Å². The summed E-state index contributed by atoms with van der Waals surface area (Å²) < 4.78 is 0. The number of rotatable bonds is 11. The molecule has 2 aliphatic rings. The van der Waals surface area contributed by atoms with Crippen molar-refractivity contribution >= 4 is 56.2 Å². The maximum atomic E-state index is 12.2. The van der Waals surface area contributed by atoms with Crippen molar-refractivity contribution in [3.8, 4) is 0 Å². The molecule has 0 aliphatic carbocycles. The second-order valence-corrected chi connectivity index (χ2v) is 11.5. The summed E-state index contributed by atoms with van der Waals surface area (Å²) in [7, 11) is 3.26. The van der Waals surface area contributed by atoms with Gasteiger partial charge in [-0.3, -0.25) is 9.59 Å². The molecule has 36 heavy (non-hydrogen) atoms. The van der Waals surface area contributed by atoms with Gasteiger partial charge in [0.2, 0.25) is 11.8 Å². The molecule has 0 atom stereocenters. The third-order valence-electron chi connectivity index (χ3n) is 6.17. The van der Waals surface area contributed by atoms with Crippen LogP contribution in [-0.2, 0) is 9.59 Å². The number of carbonyl (C=O) groups is 2. The lowest BCUT2D eigenvalue weighted by Crippen LogP contribution is -2.43. The van der Waals surface area contributed by atoms with Crippen molar-refractivity contribution < 1.29 is 9.59 Å². The van der Waals surface area contributed by atoms with E-state index in [9.17, 15) is 9.59 Å². The summed E-state index contributed by atoms with van der Waals surface area (Å²) in [6, 6.07) is 16.1. The van der Waals surface area contributed by atoms with Crippen LogP contribution in [0.2, 0.25) is 0 Å². The average Bonchev–Trinajstić information content (AvgIpc) is 2.92. The van der Waals surface area contributed by atoms with Crippen LogP contribution in [0, 0.1) is 0 Å². The first-order valence-electron chi connectivity index (χ1n) is 12.6. The highest BCUT2D eigenvalue weighted by atomic mass is 33.1. The van der Waals surface area contributed by atoms with E-state index in [4.69, 9.17) is 0 Å². The molecule has 2 aromatic carbocycles. The van der Waals surface area contributed by atoms with Crippen molar-refractivity contribution in [1.29, 1.82) is 0 Å². The highest BCUT2D eigenvalue weighted by molar-refractivity contribution is 8.76. The van der Waals surface area contributed by atoms with E-state index in [0.717, 1.165) is 63.7 Å². The molecule has 8 nitrogen and oxygen atoms in total. The van der Waals surface area contributed by atoms with E-state index in [-0.39, 0.29) is 11.8 Å². The summed E-state index contributed by atoms with van der Waals surface area (Å²) in [5.41, 5.74) is 4.04. The minimum Gasteiger partial charge on any atom is -0.369 e. The van der Waals surface area contributed by atoms with Gasteiger partial charge < -0.3 is 31.1 Å². The average molecular weight is 529 g/mol. The number of hydrogen-bond donors (Lipinski definition) is 4. The van der Waals surface area contributed by atoms with Crippen molar-refractivity contribution in [1.82, 2.24) is 10.6 Å². The summed E-state index contributed by atoms with van der Waals surface area (Å²) in [5, 5.41) is 12.7. The van der Waals surface area contributed by atoms with Crippen LogP contribution in [0.5, 0.6) is 0 Å². The van der Waals surface area contributed by atoms with E-state index in [1.807, 2.05) is 24.3 Å². The van der Waals surface area contributed by atoms with E-state index in [1.54, 1.807) is 21.6 Å². The van der Waals surface area contributed by atoms with E-state index < -0.39 is 0 Å². The molecule has 2 heterocycles. The monoisotopic (exact) mass is 528 g/mol. The van der Waals surface area contributed by atoms with E-state index in [0.29, 0.717) is 24.3 Å². The lowest BCUT2D eigenvalue weighted by Gasteiger charge is -2.29. The van der Waals surface area contributed by atoms with Gasteiger partial charge in [-0.25, -0.2) is 0 Å². The van der Waals surface area contributed by atoms with E-state index in [2.05, 4.69) is 55.3 Å². The molecule has 0 saturated carbocycles. The van der Waals surface area contributed by atoms with Crippen LogP contribution in [0.25, 0.3) is 0 Å². The molecule has 4 rings (SSSR count). The molecule has 2 fully saturated rings. The highest BCUT2D eigenvalue weighted by Gasteiger charge is 2.12. The summed E-state index contributed by atoms with van der Waals surface area (Å²) in [6.07, 6.45) is 0.895. The van der Waals surface area contributed by atoms with Gasteiger partial charge in [-0.1, -0.05) is 21.6 Å². The van der Waals surface area contributed by atoms with Gasteiger partial charge in [0.1, 0.15) is 0 Å². The van der Waals surface area contributed by atoms with Gasteiger partial charge in [0, 0.05) is 99.5 Å². The highest BCUT2D eigenvalue weighted by Crippen LogP contribution is 2.24. The minimum atomic E-state index is 0.0139. The Bertz CT molecular complexity index is 882. The zero-order valence-corrected chi connectivity index (χ0v) is 22.3. The lowest BCUT2D eigenvalue weighted by molar-refractivity contribution is -0.116. The fraction of sp³-hybridized carbons (Fsp3) is 0.462. The van der Waals surface area contributed by atoms with Crippen LogP contribution < -0.4 is 31.1 Å². The van der Waals surface area contributed by atoms with Gasteiger partial charge >= 0.3 is 0 Å². The summed E-state index contributed by atoms with van der Waals surface area (Å²) >= 11 is 0. The molecular formula is C26H36N6O2S2. The molecule has 2 saturated heterocycles. The molecule has 4 N–H and O–H groups in total. The topological polar surface area (TPSA) is 88.7 Å². The number of piperazine rings is 2. The van der Waals surface area contributed by atoms with Crippen LogP contribution in [0.15, 0.2) is 48.5 Å². The Morgan fingerprint density at radius 3 is 1.36 bits per heavy atom. The number of nitrogens with zero attached hydrogens (tertiary/aromatic N) is 2. The number of hydrogen-bond acceptors (Lipinski definition) is 8. The molecule has 0 spiro atoms. The van der Waals surface area contributed by atoms with E-state index in [1.165, 1.54) is 11.4 Å². The molecule has 0 bridgehead atoms. The van der Waals surface area contributed by atoms with Gasteiger partial charge in [0.15, 0.2) is 0 Å². The number of anilines is 4. The van der Waals surface area contributed by atoms with Crippen LogP contribution in [-0.4, -0.2) is 75.7 Å². The summed E-state index contributed by atoms with van der Waals surface area (Å²) in [4.78, 5) is 29.2. The Kier molecular flexibility index (Phi) is 10.6. The van der Waals surface area contributed by atoms with Crippen molar-refractivity contribution in [2.75, 3.05) is 84.3 Å². The van der Waals surface area contributed by atoms with Crippen molar-refractivity contribution in [3.63, 3.8) is 0 Å². The van der Waals surface area contributed by atoms with Crippen LogP contribution >= 0.6 is 21.6 Å². The Labute approximate surface area is 221 Å². The molecule has 2 aliphatic heterocycles. The second-order valence-electron chi connectivity index (χ2n) is 8.81. The van der Waals surface area contributed by atoms with Crippen molar-refractivity contribution in [2.24, 2.45) is 0 Å². The first kappa shape index (κ1) is 26.7. The summed E-state index contributed by atoms with van der Waals surface area (Å²) in [6.45, 7) is 8.04. The molecule has 0 aromatic heterocycles. The van der Waals surface area contributed by atoms with Crippen molar-refractivity contribution in [3.05, 3.63) is 48.5 Å². The lowest BCUT2D eigenvalue weighted by atomic mass is 10.2. The zero-order chi connectivity index (χ0) is 25.0. The third-order valence-corrected chi connectivity index (χ3v) is 8.58. The molecule has 0 radical (unpaired) electrons. The molecular weight excluding hydrogens is 492 g/mol. The number of carbonyl (C=O) groups excluding carboxylic acids is 2. The molecule has 0 unspecified atom stereocenters. The van der Waals surface area contributed by atoms with Gasteiger partial charge in [-0.05, 0) is 48.5 Å². The first-order valence-corrected chi connectivity index (χ1v) is 15.1. The fourth-order valence-electron chi connectivity index (χ4n) is 4.19. The van der Waals surface area contributed by atoms with Crippen LogP contribution in [0.1, 0.15) is 12.8 Å². The number of nitrogens with one attached hydrogen (secondary N) is 4. The Morgan fingerprint density at radius 2 is 1.00 bits per heavy atom. The largest absolute Gasteiger partial charge is 0.369 e. The van der Waals surface area contributed by atoms with Crippen molar-refractivity contribution in [2.45, 2.75) is 12.8 Å². The smallest absolute Gasteiger partial charge is 0.225 e. The van der Waals surface area contributed by atoms with Crippen LogP contribution in [0.4, 0.5) is 22.7 Å². The standard InChI is InChI=1S/C26H36N6O2S2/c33-25(29-21-1-5-23(6-2-21)31-15-11-27-12-16-31)9-19-35-36-20-10-26(34)30-22-3-7-24(8-4-22)32-17-13-28-14-18-32/h1-8,27-28H,9-20H2,(H,29,33)(H,30,34). The molecule has 10 heteroatoms. The molecule has 194 valence electrons. The fourth-order valence-corrected chi connectivity index (χ4v) is 6.17. The van der Waals surface area contributed by atoms with Gasteiger partial charge in [0.25, 0.3) is 0 Å². The SMILES string of the molecule is O=C(CCSSCCC(=O)Nc1ccc(N2CCNCC2)cc1)Nc1ccc(N2CCNCC2)cc1. The Morgan fingerprint density at radius 1 is 0.639 bits per heavy atom. The normalized spacial score (nSPS) is 16.0. The molecule has 2 amide bonds. The zero-order valence-electron chi connectivity index (χ0n) is 20.6. The predicted molar refractivity (Wildman–Crippen MR) is 154 cm³/mol. The van der Waals surface area contributed by atoms with Crippen LogP contribution in [0.3, 0.4) is 0 Å². The van der Waals surface area contributed by atoms with E-state index >= 15 is 0 Å². The Balaban J connectivity index is 1.05. The first-order chi connectivity index (χ1) is 17.7. The molecule has 2 aromatic rings. The maximum absolute atomic E-state index is 12.2. The predicted octanol–water partition coefficient (Wildman–Crippen LogP) is 3.24. The minimum absolute atomic E-state index is 0.0139. The third kappa shape index (κ3) is 8.62. The number of benzene rings is 2. The Hall–Kier alpha value is -2.40. The van der Waals surface area contributed by atoms with Gasteiger partial charge in [0.05, 0.1) is 0 Å². The second kappa shape index (κ2) is 14.4. The van der Waals surface area contributed by atoms with Gasteiger partial charge in [-0.2, -0.15) is 0 Å². The summed E-state index contributed by atoms with van der Waals surface area (Å²) in [5.74, 6) is 1.45.